The summed E-state index contributed by atoms with van der Waals surface area (Å²) < 4.78 is 4.58. The summed E-state index contributed by atoms with van der Waals surface area (Å²) in [5.74, 6) is -0.789. The van der Waals surface area contributed by atoms with Crippen LogP contribution in [0.15, 0.2) is 6.07 Å². The molecule has 1 aromatic carbocycles. The number of hydrogen-bond donors (Lipinski definition) is 2. The van der Waals surface area contributed by atoms with Crippen molar-refractivity contribution in [3.05, 3.63) is 21.7 Å². The first-order valence-corrected chi connectivity index (χ1v) is 6.93. The molecule has 0 atom stereocenters. The second-order valence-corrected chi connectivity index (χ2v) is 6.02. The first kappa shape index (κ1) is 16.9. The summed E-state index contributed by atoms with van der Waals surface area (Å²) >= 11 is 11.7. The summed E-state index contributed by atoms with van der Waals surface area (Å²) in [6.07, 6.45) is 1.54. The molecule has 4 nitrogen and oxygen atoms in total. The van der Waals surface area contributed by atoms with Crippen LogP contribution in [0, 0.1) is 0 Å². The standard InChI is InChI=1S/C14H18Cl2O4/c1-14(2,6-4-5-10(17)20-3)8-7-9(15)13(19)11(16)12(8)18/h7,18-19H,4-6H2,1-3H3. The van der Waals surface area contributed by atoms with Gasteiger partial charge in [-0.1, -0.05) is 37.0 Å². The van der Waals surface area contributed by atoms with Crippen LogP contribution in [0.5, 0.6) is 11.5 Å². The maximum atomic E-state index is 11.1. The molecule has 0 radical (unpaired) electrons. The van der Waals surface area contributed by atoms with Gasteiger partial charge in [0.2, 0.25) is 0 Å². The Balaban J connectivity index is 2.95. The van der Waals surface area contributed by atoms with Gasteiger partial charge in [-0.25, -0.2) is 0 Å². The topological polar surface area (TPSA) is 66.8 Å². The summed E-state index contributed by atoms with van der Waals surface area (Å²) in [5, 5.41) is 19.6. The number of carbonyl (C=O) groups is 1. The predicted octanol–water partition coefficient (Wildman–Crippen LogP) is 4.03. The number of rotatable bonds is 5. The predicted molar refractivity (Wildman–Crippen MR) is 78.7 cm³/mol. The van der Waals surface area contributed by atoms with E-state index < -0.39 is 5.41 Å². The van der Waals surface area contributed by atoms with Crippen molar-refractivity contribution in [2.75, 3.05) is 7.11 Å². The first-order valence-electron chi connectivity index (χ1n) is 6.18. The van der Waals surface area contributed by atoms with Gasteiger partial charge in [-0.2, -0.15) is 0 Å². The number of hydrogen-bond acceptors (Lipinski definition) is 4. The van der Waals surface area contributed by atoms with Crippen LogP contribution < -0.4 is 0 Å². The Morgan fingerprint density at radius 2 is 1.90 bits per heavy atom. The van der Waals surface area contributed by atoms with Gasteiger partial charge in [0, 0.05) is 12.0 Å². The van der Waals surface area contributed by atoms with Crippen molar-refractivity contribution in [2.45, 2.75) is 38.5 Å². The zero-order valence-corrected chi connectivity index (χ0v) is 13.2. The van der Waals surface area contributed by atoms with Crippen LogP contribution >= 0.6 is 23.2 Å². The molecule has 0 spiro atoms. The summed E-state index contributed by atoms with van der Waals surface area (Å²) in [7, 11) is 1.35. The van der Waals surface area contributed by atoms with Crippen LogP contribution in [0.4, 0.5) is 0 Å². The van der Waals surface area contributed by atoms with E-state index in [4.69, 9.17) is 23.2 Å². The maximum Gasteiger partial charge on any atom is 0.305 e. The van der Waals surface area contributed by atoms with E-state index >= 15 is 0 Å². The fraction of sp³-hybridized carbons (Fsp3) is 0.500. The van der Waals surface area contributed by atoms with Gasteiger partial charge in [0.05, 0.1) is 12.1 Å². The Morgan fingerprint density at radius 1 is 1.30 bits per heavy atom. The molecule has 1 rings (SSSR count). The van der Waals surface area contributed by atoms with Crippen molar-refractivity contribution in [1.82, 2.24) is 0 Å². The van der Waals surface area contributed by atoms with Gasteiger partial charge in [-0.3, -0.25) is 4.79 Å². The van der Waals surface area contributed by atoms with Crippen LogP contribution in [0.1, 0.15) is 38.7 Å². The molecule has 0 aliphatic rings. The van der Waals surface area contributed by atoms with E-state index in [1.54, 1.807) is 0 Å². The third-order valence-electron chi connectivity index (χ3n) is 3.31. The zero-order chi connectivity index (χ0) is 15.5. The number of esters is 1. The van der Waals surface area contributed by atoms with Crippen molar-refractivity contribution in [3.8, 4) is 11.5 Å². The van der Waals surface area contributed by atoms with Gasteiger partial charge in [-0.05, 0) is 24.3 Å². The molecular weight excluding hydrogens is 303 g/mol. The van der Waals surface area contributed by atoms with Gasteiger partial charge in [-0.15, -0.1) is 0 Å². The van der Waals surface area contributed by atoms with E-state index in [9.17, 15) is 15.0 Å². The molecule has 0 amide bonds. The molecule has 1 aromatic rings. The van der Waals surface area contributed by atoms with Gasteiger partial charge in [0.25, 0.3) is 0 Å². The lowest BCUT2D eigenvalue weighted by atomic mass is 9.79. The highest BCUT2D eigenvalue weighted by molar-refractivity contribution is 6.38. The third kappa shape index (κ3) is 3.70. The number of aromatic hydroxyl groups is 2. The van der Waals surface area contributed by atoms with Crippen LogP contribution in [0.3, 0.4) is 0 Å². The molecule has 0 aliphatic carbocycles. The Bertz CT molecular complexity index is 512. The largest absolute Gasteiger partial charge is 0.506 e. The van der Waals surface area contributed by atoms with Crippen LogP contribution in [0.25, 0.3) is 0 Å². The minimum absolute atomic E-state index is 0.0869. The minimum Gasteiger partial charge on any atom is -0.506 e. The lowest BCUT2D eigenvalue weighted by Gasteiger charge is -2.27. The number of methoxy groups -OCH3 is 1. The van der Waals surface area contributed by atoms with Crippen molar-refractivity contribution < 1.29 is 19.7 Å². The molecule has 2 N–H and O–H groups in total. The monoisotopic (exact) mass is 320 g/mol. The van der Waals surface area contributed by atoms with Crippen molar-refractivity contribution in [1.29, 1.82) is 0 Å². The minimum atomic E-state index is -0.445. The van der Waals surface area contributed by atoms with Crippen LogP contribution in [0.2, 0.25) is 10.0 Å². The highest BCUT2D eigenvalue weighted by Crippen LogP contribution is 2.46. The lowest BCUT2D eigenvalue weighted by molar-refractivity contribution is -0.140. The van der Waals surface area contributed by atoms with Gasteiger partial charge in [0.15, 0.2) is 5.75 Å². The highest BCUT2D eigenvalue weighted by Gasteiger charge is 2.27. The molecule has 0 heterocycles. The summed E-state index contributed by atoms with van der Waals surface area (Å²) in [6, 6.07) is 1.50. The average Bonchev–Trinajstić information content (AvgIpc) is 2.39. The quantitative estimate of drug-likeness (QED) is 0.804. The first-order chi connectivity index (χ1) is 9.20. The summed E-state index contributed by atoms with van der Waals surface area (Å²) in [6.45, 7) is 3.81. The number of phenols is 2. The second kappa shape index (κ2) is 6.55. The normalized spacial score (nSPS) is 11.4. The van der Waals surface area contributed by atoms with Crippen molar-refractivity contribution in [3.63, 3.8) is 0 Å². The highest BCUT2D eigenvalue weighted by atomic mass is 35.5. The maximum absolute atomic E-state index is 11.1. The number of carbonyl (C=O) groups excluding carboxylic acids is 1. The van der Waals surface area contributed by atoms with E-state index in [0.29, 0.717) is 24.8 Å². The number of ether oxygens (including phenoxy) is 1. The van der Waals surface area contributed by atoms with E-state index in [0.717, 1.165) is 0 Å². The third-order valence-corrected chi connectivity index (χ3v) is 3.95. The molecule has 0 bridgehead atoms. The number of phenolic OH excluding ortho intramolecular Hbond substituents is 2. The van der Waals surface area contributed by atoms with Gasteiger partial charge >= 0.3 is 5.97 Å². The summed E-state index contributed by atoms with van der Waals surface area (Å²) in [5.41, 5.74) is 0.0918. The Labute approximate surface area is 128 Å². The molecule has 0 saturated carbocycles. The molecule has 20 heavy (non-hydrogen) atoms. The van der Waals surface area contributed by atoms with E-state index in [2.05, 4.69) is 4.74 Å². The lowest BCUT2D eigenvalue weighted by Crippen LogP contribution is -2.18. The molecule has 112 valence electrons. The molecule has 0 aromatic heterocycles. The molecule has 0 saturated heterocycles. The number of halogens is 2. The Kier molecular flexibility index (Phi) is 5.54. The number of benzene rings is 1. The molecule has 0 aliphatic heterocycles. The molecular formula is C14H18Cl2O4. The zero-order valence-electron chi connectivity index (χ0n) is 11.7. The van der Waals surface area contributed by atoms with Gasteiger partial charge in [0.1, 0.15) is 10.8 Å². The SMILES string of the molecule is COC(=O)CCCC(C)(C)c1cc(Cl)c(O)c(Cl)c1O. The van der Waals surface area contributed by atoms with E-state index in [1.165, 1.54) is 13.2 Å². The second-order valence-electron chi connectivity index (χ2n) is 5.23. The van der Waals surface area contributed by atoms with E-state index in [1.807, 2.05) is 13.8 Å². The average molecular weight is 321 g/mol. The van der Waals surface area contributed by atoms with Gasteiger partial charge < -0.3 is 14.9 Å². The molecule has 0 unspecified atom stereocenters. The fourth-order valence-electron chi connectivity index (χ4n) is 2.03. The van der Waals surface area contributed by atoms with E-state index in [-0.39, 0.29) is 27.5 Å². The Hall–Kier alpha value is -1.13. The fourth-order valence-corrected chi connectivity index (χ4v) is 2.48. The van der Waals surface area contributed by atoms with Crippen molar-refractivity contribution >= 4 is 29.2 Å². The summed E-state index contributed by atoms with van der Waals surface area (Å²) in [4.78, 5) is 11.1. The van der Waals surface area contributed by atoms with Crippen LogP contribution in [-0.4, -0.2) is 23.3 Å². The molecule has 6 heteroatoms. The Morgan fingerprint density at radius 3 is 2.45 bits per heavy atom. The van der Waals surface area contributed by atoms with Crippen molar-refractivity contribution in [2.24, 2.45) is 0 Å². The smallest absolute Gasteiger partial charge is 0.305 e. The van der Waals surface area contributed by atoms with Crippen LogP contribution in [-0.2, 0) is 14.9 Å². The molecule has 0 fully saturated rings.